The quantitative estimate of drug-likeness (QED) is 0.152. The van der Waals surface area contributed by atoms with Crippen LogP contribution in [0, 0.1) is 5.92 Å². The van der Waals surface area contributed by atoms with E-state index in [0.29, 0.717) is 0 Å². The standard InChI is InChI=1S/C20H37N5O.HI/c1-2-22-20(24-13-11-17-8-4-3-5-9-17)23-12-7-15-25-14-6-10-18(16-25)19(21)26;/h8,18H,2-7,9-16H2,1H3,(H2,21,26)(H2,22,23,24);1H. The number of nitrogens with two attached hydrogens (primary N) is 1. The second-order valence-electron chi connectivity index (χ2n) is 7.44. The molecule has 0 saturated carbocycles. The van der Waals surface area contributed by atoms with Crippen LogP contribution < -0.4 is 16.4 Å². The molecule has 0 aromatic carbocycles. The molecule has 0 aromatic heterocycles. The number of halogens is 1. The van der Waals surface area contributed by atoms with Gasteiger partial charge in [-0.15, -0.1) is 24.0 Å². The van der Waals surface area contributed by atoms with E-state index in [2.05, 4.69) is 28.5 Å². The maximum Gasteiger partial charge on any atom is 0.221 e. The van der Waals surface area contributed by atoms with Gasteiger partial charge in [0.1, 0.15) is 0 Å². The second-order valence-corrected chi connectivity index (χ2v) is 7.44. The van der Waals surface area contributed by atoms with Gasteiger partial charge in [0.15, 0.2) is 5.96 Å². The van der Waals surface area contributed by atoms with E-state index in [1.807, 2.05) is 0 Å². The first-order valence-electron chi connectivity index (χ1n) is 10.4. The van der Waals surface area contributed by atoms with Crippen molar-refractivity contribution in [1.29, 1.82) is 0 Å². The van der Waals surface area contributed by atoms with Crippen molar-refractivity contribution in [3.8, 4) is 0 Å². The molecule has 2 aliphatic rings. The van der Waals surface area contributed by atoms with Gasteiger partial charge in [0, 0.05) is 26.2 Å². The lowest BCUT2D eigenvalue weighted by atomic mass is 9.97. The summed E-state index contributed by atoms with van der Waals surface area (Å²) in [4.78, 5) is 18.4. The smallest absolute Gasteiger partial charge is 0.221 e. The zero-order valence-electron chi connectivity index (χ0n) is 16.8. The van der Waals surface area contributed by atoms with Gasteiger partial charge in [0.25, 0.3) is 0 Å². The first kappa shape index (κ1) is 24.2. The van der Waals surface area contributed by atoms with Crippen LogP contribution in [0.25, 0.3) is 0 Å². The van der Waals surface area contributed by atoms with Crippen molar-refractivity contribution in [3.63, 3.8) is 0 Å². The highest BCUT2D eigenvalue weighted by atomic mass is 127. The Kier molecular flexibility index (Phi) is 12.7. The fourth-order valence-electron chi connectivity index (χ4n) is 3.79. The molecule has 156 valence electrons. The summed E-state index contributed by atoms with van der Waals surface area (Å²) in [5, 5.41) is 6.78. The van der Waals surface area contributed by atoms with Gasteiger partial charge in [0.05, 0.1) is 5.92 Å². The number of hydrogen-bond donors (Lipinski definition) is 3. The number of aliphatic imine (C=N–C) groups is 1. The number of guanidine groups is 1. The highest BCUT2D eigenvalue weighted by Crippen LogP contribution is 2.19. The molecule has 0 spiro atoms. The van der Waals surface area contributed by atoms with Crippen molar-refractivity contribution < 1.29 is 4.79 Å². The van der Waals surface area contributed by atoms with Crippen molar-refractivity contribution in [2.75, 3.05) is 39.3 Å². The Morgan fingerprint density at radius 1 is 1.33 bits per heavy atom. The Labute approximate surface area is 181 Å². The van der Waals surface area contributed by atoms with E-state index in [0.717, 1.165) is 70.9 Å². The van der Waals surface area contributed by atoms with Gasteiger partial charge in [-0.3, -0.25) is 9.79 Å². The predicted molar refractivity (Wildman–Crippen MR) is 124 cm³/mol. The Bertz CT molecular complexity index is 495. The van der Waals surface area contributed by atoms with Crippen LogP contribution in [0.5, 0.6) is 0 Å². The average Bonchev–Trinajstić information content (AvgIpc) is 2.66. The van der Waals surface area contributed by atoms with Gasteiger partial charge >= 0.3 is 0 Å². The van der Waals surface area contributed by atoms with Crippen LogP contribution in [0.15, 0.2) is 16.6 Å². The molecule has 0 bridgehead atoms. The number of piperidine rings is 1. The Hall–Kier alpha value is -0.830. The van der Waals surface area contributed by atoms with Gasteiger partial charge in [-0.25, -0.2) is 0 Å². The molecular formula is C20H38IN5O. The van der Waals surface area contributed by atoms with Crippen LogP contribution in [0.2, 0.25) is 0 Å². The van der Waals surface area contributed by atoms with Crippen LogP contribution >= 0.6 is 24.0 Å². The van der Waals surface area contributed by atoms with Crippen molar-refractivity contribution in [1.82, 2.24) is 15.5 Å². The van der Waals surface area contributed by atoms with Gasteiger partial charge < -0.3 is 21.3 Å². The number of primary amides is 1. The summed E-state index contributed by atoms with van der Waals surface area (Å²) in [5.74, 6) is 0.789. The molecule has 7 heteroatoms. The Morgan fingerprint density at radius 3 is 2.89 bits per heavy atom. The van der Waals surface area contributed by atoms with Gasteiger partial charge in [-0.1, -0.05) is 11.6 Å². The lowest BCUT2D eigenvalue weighted by Crippen LogP contribution is -2.41. The van der Waals surface area contributed by atoms with E-state index in [1.165, 1.54) is 25.7 Å². The number of hydrogen-bond acceptors (Lipinski definition) is 3. The van der Waals surface area contributed by atoms with Crippen molar-refractivity contribution in [2.24, 2.45) is 16.6 Å². The minimum absolute atomic E-state index is 0. The molecule has 27 heavy (non-hydrogen) atoms. The van der Waals surface area contributed by atoms with Gasteiger partial charge in [-0.05, 0) is 71.4 Å². The van der Waals surface area contributed by atoms with Crippen LogP contribution in [-0.2, 0) is 4.79 Å². The first-order chi connectivity index (χ1) is 12.7. The monoisotopic (exact) mass is 491 g/mol. The van der Waals surface area contributed by atoms with Crippen LogP contribution in [0.4, 0.5) is 0 Å². The molecule has 4 N–H and O–H groups in total. The van der Waals surface area contributed by atoms with E-state index in [-0.39, 0.29) is 35.8 Å². The van der Waals surface area contributed by atoms with Gasteiger partial charge in [0.2, 0.25) is 5.91 Å². The highest BCUT2D eigenvalue weighted by molar-refractivity contribution is 14.0. The fourth-order valence-corrected chi connectivity index (χ4v) is 3.79. The number of likely N-dealkylation sites (tertiary alicyclic amines) is 1. The lowest BCUT2D eigenvalue weighted by molar-refractivity contribution is -0.123. The molecule has 0 aromatic rings. The third kappa shape index (κ3) is 9.78. The summed E-state index contributed by atoms with van der Waals surface area (Å²) in [7, 11) is 0. The fraction of sp³-hybridized carbons (Fsp3) is 0.800. The summed E-state index contributed by atoms with van der Waals surface area (Å²) >= 11 is 0. The van der Waals surface area contributed by atoms with Crippen LogP contribution in [0.3, 0.4) is 0 Å². The third-order valence-electron chi connectivity index (χ3n) is 5.28. The van der Waals surface area contributed by atoms with E-state index < -0.39 is 0 Å². The molecular weight excluding hydrogens is 453 g/mol. The van der Waals surface area contributed by atoms with E-state index in [1.54, 1.807) is 5.57 Å². The van der Waals surface area contributed by atoms with E-state index in [9.17, 15) is 4.79 Å². The zero-order valence-corrected chi connectivity index (χ0v) is 19.2. The summed E-state index contributed by atoms with van der Waals surface area (Å²) in [6, 6.07) is 0. The minimum Gasteiger partial charge on any atom is -0.369 e. The minimum atomic E-state index is -0.153. The maximum absolute atomic E-state index is 11.4. The first-order valence-corrected chi connectivity index (χ1v) is 10.4. The molecule has 0 radical (unpaired) electrons. The summed E-state index contributed by atoms with van der Waals surface area (Å²) in [5.41, 5.74) is 7.04. The van der Waals surface area contributed by atoms with Crippen molar-refractivity contribution in [2.45, 2.75) is 58.3 Å². The number of nitrogens with one attached hydrogen (secondary N) is 2. The summed E-state index contributed by atoms with van der Waals surface area (Å²) in [6.07, 6.45) is 11.7. The Morgan fingerprint density at radius 2 is 2.19 bits per heavy atom. The van der Waals surface area contributed by atoms with E-state index >= 15 is 0 Å². The van der Waals surface area contributed by atoms with Crippen LogP contribution in [0.1, 0.15) is 58.3 Å². The predicted octanol–water partition coefficient (Wildman–Crippen LogP) is 2.64. The SMILES string of the molecule is CCNC(=NCCCN1CCCC(C(N)=O)C1)NCCC1=CCCCC1.I. The van der Waals surface area contributed by atoms with Crippen LogP contribution in [-0.4, -0.2) is 56.0 Å². The molecule has 1 unspecified atom stereocenters. The molecule has 2 rings (SSSR count). The number of allylic oxidation sites excluding steroid dienone is 1. The molecule has 1 aliphatic heterocycles. The zero-order chi connectivity index (χ0) is 18.6. The number of rotatable bonds is 9. The maximum atomic E-state index is 11.4. The molecule has 1 aliphatic carbocycles. The van der Waals surface area contributed by atoms with Crippen molar-refractivity contribution >= 4 is 35.8 Å². The topological polar surface area (TPSA) is 82.8 Å². The molecule has 1 saturated heterocycles. The molecule has 1 amide bonds. The number of carbonyl (C=O) groups excluding carboxylic acids is 1. The summed E-state index contributed by atoms with van der Waals surface area (Å²) in [6.45, 7) is 7.59. The average molecular weight is 491 g/mol. The largest absolute Gasteiger partial charge is 0.369 e. The number of amides is 1. The molecule has 6 nitrogen and oxygen atoms in total. The van der Waals surface area contributed by atoms with Gasteiger partial charge in [-0.2, -0.15) is 0 Å². The van der Waals surface area contributed by atoms with E-state index in [4.69, 9.17) is 10.7 Å². The molecule has 1 atom stereocenters. The normalized spacial score (nSPS) is 21.1. The van der Waals surface area contributed by atoms with Crippen molar-refractivity contribution in [3.05, 3.63) is 11.6 Å². The Balaban J connectivity index is 0.00000364. The second kappa shape index (κ2) is 14.2. The lowest BCUT2D eigenvalue weighted by Gasteiger charge is -2.30. The molecule has 1 fully saturated rings. The third-order valence-corrected chi connectivity index (χ3v) is 5.28. The molecule has 1 heterocycles. The summed E-state index contributed by atoms with van der Waals surface area (Å²) < 4.78 is 0. The number of nitrogens with zero attached hydrogens (tertiary/aromatic N) is 2. The highest BCUT2D eigenvalue weighted by Gasteiger charge is 2.23. The number of carbonyl (C=O) groups is 1.